The molecule has 3 rings (SSSR count). The Balaban J connectivity index is 1.55. The summed E-state index contributed by atoms with van der Waals surface area (Å²) in [5, 5.41) is 3.02. The van der Waals surface area contributed by atoms with E-state index in [2.05, 4.69) is 33.1 Å². The predicted molar refractivity (Wildman–Crippen MR) is 112 cm³/mol. The van der Waals surface area contributed by atoms with Gasteiger partial charge in [0, 0.05) is 44.6 Å². The van der Waals surface area contributed by atoms with Gasteiger partial charge in [-0.3, -0.25) is 19.6 Å². The molecule has 1 saturated heterocycles. The van der Waals surface area contributed by atoms with E-state index in [1.54, 1.807) is 6.20 Å². The Bertz CT molecular complexity index is 760. The van der Waals surface area contributed by atoms with Gasteiger partial charge in [0.05, 0.1) is 18.3 Å². The zero-order valence-electron chi connectivity index (χ0n) is 17.0. The minimum atomic E-state index is -0.189. The van der Waals surface area contributed by atoms with Gasteiger partial charge >= 0.3 is 0 Å². The third kappa shape index (κ3) is 4.88. The molecule has 28 heavy (non-hydrogen) atoms. The van der Waals surface area contributed by atoms with Crippen LogP contribution in [0.4, 0.5) is 5.69 Å². The SMILES string of the molecule is CCOc1ccccc1NC(=O)C(C)N1CCN(C(C)c2cccnc2)CC1. The largest absolute Gasteiger partial charge is 0.492 e. The predicted octanol–water partition coefficient (Wildman–Crippen LogP) is 3.19. The van der Waals surface area contributed by atoms with E-state index in [0.717, 1.165) is 31.9 Å². The Morgan fingerprint density at radius 2 is 1.82 bits per heavy atom. The van der Waals surface area contributed by atoms with Crippen molar-refractivity contribution in [2.75, 3.05) is 38.1 Å². The molecule has 0 spiro atoms. The smallest absolute Gasteiger partial charge is 0.241 e. The highest BCUT2D eigenvalue weighted by atomic mass is 16.5. The summed E-state index contributed by atoms with van der Waals surface area (Å²) in [7, 11) is 0. The molecule has 6 heteroatoms. The van der Waals surface area contributed by atoms with Crippen LogP contribution in [0, 0.1) is 0 Å². The Labute approximate surface area is 167 Å². The minimum Gasteiger partial charge on any atom is -0.492 e. The molecular formula is C22H30N4O2. The average Bonchev–Trinajstić information content (AvgIpc) is 2.75. The lowest BCUT2D eigenvalue weighted by Crippen LogP contribution is -2.53. The highest BCUT2D eigenvalue weighted by Gasteiger charge is 2.28. The van der Waals surface area contributed by atoms with Crippen molar-refractivity contribution in [1.29, 1.82) is 0 Å². The summed E-state index contributed by atoms with van der Waals surface area (Å²) >= 11 is 0. The van der Waals surface area contributed by atoms with Gasteiger partial charge in [-0.15, -0.1) is 0 Å². The molecule has 2 unspecified atom stereocenters. The van der Waals surface area contributed by atoms with E-state index in [1.165, 1.54) is 5.56 Å². The molecule has 1 aliphatic heterocycles. The number of hydrogen-bond acceptors (Lipinski definition) is 5. The lowest BCUT2D eigenvalue weighted by molar-refractivity contribution is -0.121. The molecule has 0 bridgehead atoms. The number of pyridine rings is 1. The average molecular weight is 383 g/mol. The van der Waals surface area contributed by atoms with Crippen molar-refractivity contribution in [3.05, 3.63) is 54.4 Å². The van der Waals surface area contributed by atoms with Gasteiger partial charge in [0.1, 0.15) is 5.75 Å². The number of carbonyl (C=O) groups excluding carboxylic acids is 1. The van der Waals surface area contributed by atoms with E-state index in [1.807, 2.05) is 50.4 Å². The number of hydrogen-bond donors (Lipinski definition) is 1. The number of ether oxygens (including phenoxy) is 1. The zero-order chi connectivity index (χ0) is 19.9. The molecule has 0 saturated carbocycles. The Morgan fingerprint density at radius 3 is 2.50 bits per heavy atom. The van der Waals surface area contributed by atoms with Crippen molar-refractivity contribution in [3.63, 3.8) is 0 Å². The van der Waals surface area contributed by atoms with Gasteiger partial charge in [-0.1, -0.05) is 18.2 Å². The number of nitrogens with one attached hydrogen (secondary N) is 1. The molecule has 1 aromatic heterocycles. The topological polar surface area (TPSA) is 57.7 Å². The van der Waals surface area contributed by atoms with Crippen molar-refractivity contribution in [1.82, 2.24) is 14.8 Å². The second-order valence-electron chi connectivity index (χ2n) is 7.13. The number of carbonyl (C=O) groups is 1. The number of nitrogens with zero attached hydrogens (tertiary/aromatic N) is 3. The fourth-order valence-electron chi connectivity index (χ4n) is 3.60. The van der Waals surface area contributed by atoms with Gasteiger partial charge in [0.15, 0.2) is 0 Å². The second-order valence-corrected chi connectivity index (χ2v) is 7.13. The van der Waals surface area contributed by atoms with Gasteiger partial charge in [-0.05, 0) is 44.5 Å². The number of piperazine rings is 1. The van der Waals surface area contributed by atoms with Crippen LogP contribution in [-0.2, 0) is 4.79 Å². The van der Waals surface area contributed by atoms with E-state index in [4.69, 9.17) is 4.74 Å². The monoisotopic (exact) mass is 382 g/mol. The zero-order valence-corrected chi connectivity index (χ0v) is 17.0. The van der Waals surface area contributed by atoms with Crippen LogP contribution >= 0.6 is 0 Å². The van der Waals surface area contributed by atoms with E-state index < -0.39 is 0 Å². The van der Waals surface area contributed by atoms with Crippen molar-refractivity contribution >= 4 is 11.6 Å². The third-order valence-electron chi connectivity index (χ3n) is 5.44. The Hall–Kier alpha value is -2.44. The molecule has 1 N–H and O–H groups in total. The lowest BCUT2D eigenvalue weighted by atomic mass is 10.1. The molecule has 2 atom stereocenters. The first-order valence-corrected chi connectivity index (χ1v) is 10.0. The first kappa shape index (κ1) is 20.3. The summed E-state index contributed by atoms with van der Waals surface area (Å²) in [5.41, 5.74) is 1.96. The molecule has 1 fully saturated rings. The van der Waals surface area contributed by atoms with Crippen LogP contribution in [0.5, 0.6) is 5.75 Å². The molecule has 1 aliphatic rings. The highest BCUT2D eigenvalue weighted by molar-refractivity contribution is 5.95. The first-order valence-electron chi connectivity index (χ1n) is 10.0. The molecule has 0 radical (unpaired) electrons. The number of aromatic nitrogens is 1. The molecule has 2 aromatic rings. The molecular weight excluding hydrogens is 352 g/mol. The summed E-state index contributed by atoms with van der Waals surface area (Å²) < 4.78 is 5.61. The standard InChI is InChI=1S/C22H30N4O2/c1-4-28-21-10-6-5-9-20(21)24-22(27)18(3)26-14-12-25(13-15-26)17(2)19-8-7-11-23-16-19/h5-11,16-18H,4,12-15H2,1-3H3,(H,24,27). The van der Waals surface area contributed by atoms with Crippen molar-refractivity contribution in [3.8, 4) is 5.75 Å². The van der Waals surface area contributed by atoms with E-state index in [-0.39, 0.29) is 11.9 Å². The number of benzene rings is 1. The van der Waals surface area contributed by atoms with Gasteiger partial charge in [-0.2, -0.15) is 0 Å². The van der Waals surface area contributed by atoms with Gasteiger partial charge in [0.25, 0.3) is 0 Å². The maximum absolute atomic E-state index is 12.8. The number of para-hydroxylation sites is 2. The maximum Gasteiger partial charge on any atom is 0.241 e. The third-order valence-corrected chi connectivity index (χ3v) is 5.44. The van der Waals surface area contributed by atoms with Crippen molar-refractivity contribution < 1.29 is 9.53 Å². The van der Waals surface area contributed by atoms with Gasteiger partial charge in [0.2, 0.25) is 5.91 Å². The fourth-order valence-corrected chi connectivity index (χ4v) is 3.60. The summed E-state index contributed by atoms with van der Waals surface area (Å²) in [6.07, 6.45) is 3.74. The molecule has 150 valence electrons. The van der Waals surface area contributed by atoms with Crippen LogP contribution in [0.1, 0.15) is 32.4 Å². The van der Waals surface area contributed by atoms with Gasteiger partial charge < -0.3 is 10.1 Å². The fraction of sp³-hybridized carbons (Fsp3) is 0.455. The second kappa shape index (κ2) is 9.66. The van der Waals surface area contributed by atoms with Crippen LogP contribution in [0.25, 0.3) is 0 Å². The summed E-state index contributed by atoms with van der Waals surface area (Å²) in [5.74, 6) is 0.710. The molecule has 1 amide bonds. The molecule has 2 heterocycles. The maximum atomic E-state index is 12.8. The van der Waals surface area contributed by atoms with E-state index >= 15 is 0 Å². The van der Waals surface area contributed by atoms with Gasteiger partial charge in [-0.25, -0.2) is 0 Å². The Morgan fingerprint density at radius 1 is 1.11 bits per heavy atom. The summed E-state index contributed by atoms with van der Waals surface area (Å²) in [4.78, 5) is 21.7. The molecule has 1 aromatic carbocycles. The molecule has 0 aliphatic carbocycles. The lowest BCUT2D eigenvalue weighted by Gasteiger charge is -2.40. The number of rotatable bonds is 7. The number of amides is 1. The normalized spacial score (nSPS) is 17.7. The van der Waals surface area contributed by atoms with Crippen LogP contribution < -0.4 is 10.1 Å². The van der Waals surface area contributed by atoms with Crippen molar-refractivity contribution in [2.24, 2.45) is 0 Å². The summed E-state index contributed by atoms with van der Waals surface area (Å²) in [6.45, 7) is 10.3. The summed E-state index contributed by atoms with van der Waals surface area (Å²) in [6, 6.07) is 11.8. The van der Waals surface area contributed by atoms with Crippen LogP contribution in [0.15, 0.2) is 48.8 Å². The van der Waals surface area contributed by atoms with Crippen LogP contribution in [0.2, 0.25) is 0 Å². The van der Waals surface area contributed by atoms with E-state index in [9.17, 15) is 4.79 Å². The Kier molecular flexibility index (Phi) is 7.01. The quantitative estimate of drug-likeness (QED) is 0.797. The van der Waals surface area contributed by atoms with Crippen molar-refractivity contribution in [2.45, 2.75) is 32.9 Å². The van der Waals surface area contributed by atoms with Crippen LogP contribution in [0.3, 0.4) is 0 Å². The minimum absolute atomic E-state index is 0.000843. The molecule has 6 nitrogen and oxygen atoms in total. The number of anilines is 1. The van der Waals surface area contributed by atoms with E-state index in [0.29, 0.717) is 18.4 Å². The van der Waals surface area contributed by atoms with Crippen LogP contribution in [-0.4, -0.2) is 59.5 Å². The first-order chi connectivity index (χ1) is 13.6. The highest BCUT2D eigenvalue weighted by Crippen LogP contribution is 2.25.